The molecule has 0 spiro atoms. The Kier molecular flexibility index (Phi) is 8.60. The minimum absolute atomic E-state index is 0.0515. The van der Waals surface area contributed by atoms with Crippen LogP contribution in [0.15, 0.2) is 21.6 Å². The molecule has 0 amide bonds. The molecular weight excluding hydrogens is 292 g/mol. The van der Waals surface area contributed by atoms with E-state index in [2.05, 4.69) is 23.9 Å². The summed E-state index contributed by atoms with van der Waals surface area (Å²) in [6.45, 7) is 6.82. The zero-order valence-electron chi connectivity index (χ0n) is 12.9. The van der Waals surface area contributed by atoms with Gasteiger partial charge in [-0.15, -0.1) is 0 Å². The lowest BCUT2D eigenvalue weighted by Gasteiger charge is -2.05. The Morgan fingerprint density at radius 3 is 2.67 bits per heavy atom. The second kappa shape index (κ2) is 9.94. The van der Waals surface area contributed by atoms with Crippen molar-refractivity contribution in [1.29, 1.82) is 0 Å². The van der Waals surface area contributed by atoms with Crippen molar-refractivity contribution in [3.05, 3.63) is 17.9 Å². The topological polar surface area (TPSA) is 80.6 Å². The van der Waals surface area contributed by atoms with Gasteiger partial charge in [-0.2, -0.15) is 0 Å². The molecule has 0 fully saturated rings. The molecule has 1 aromatic rings. The Hall–Kier alpha value is -0.890. The van der Waals surface area contributed by atoms with E-state index in [-0.39, 0.29) is 11.6 Å². The van der Waals surface area contributed by atoms with Gasteiger partial charge in [-0.1, -0.05) is 20.3 Å². The van der Waals surface area contributed by atoms with Crippen LogP contribution in [0, 0.1) is 0 Å². The largest absolute Gasteiger partial charge is 0.447 e. The van der Waals surface area contributed by atoms with E-state index in [1.54, 1.807) is 6.07 Å². The van der Waals surface area contributed by atoms with E-state index in [0.717, 1.165) is 25.8 Å². The molecule has 0 unspecified atom stereocenters. The van der Waals surface area contributed by atoms with E-state index in [4.69, 9.17) is 9.15 Å². The van der Waals surface area contributed by atoms with Crippen molar-refractivity contribution in [3.63, 3.8) is 0 Å². The molecule has 0 bridgehead atoms. The standard InChI is InChI=1S/C14H26N2O4S/c1-3-5-10-19-11-9-16-21(17,18)14-7-6-13(20-14)12-15-8-4-2/h6-7,15-16H,3-5,8-12H2,1-2H3. The first-order valence-electron chi connectivity index (χ1n) is 7.47. The van der Waals surface area contributed by atoms with Gasteiger partial charge in [-0.3, -0.25) is 0 Å². The summed E-state index contributed by atoms with van der Waals surface area (Å²) in [5.74, 6) is 0.614. The van der Waals surface area contributed by atoms with Gasteiger partial charge < -0.3 is 14.5 Å². The molecule has 0 radical (unpaired) electrons. The molecule has 1 rings (SSSR count). The van der Waals surface area contributed by atoms with Crippen LogP contribution in [0.4, 0.5) is 0 Å². The number of nitrogens with one attached hydrogen (secondary N) is 2. The van der Waals surface area contributed by atoms with Gasteiger partial charge in [-0.25, -0.2) is 13.1 Å². The predicted molar refractivity (Wildman–Crippen MR) is 81.6 cm³/mol. The Morgan fingerprint density at radius 1 is 1.14 bits per heavy atom. The molecular formula is C14H26N2O4S. The van der Waals surface area contributed by atoms with Gasteiger partial charge in [0.1, 0.15) is 5.76 Å². The van der Waals surface area contributed by atoms with Crippen molar-refractivity contribution >= 4 is 10.0 Å². The third-order valence-corrected chi connectivity index (χ3v) is 4.14. The van der Waals surface area contributed by atoms with E-state index in [1.807, 2.05) is 0 Å². The normalized spacial score (nSPS) is 11.9. The van der Waals surface area contributed by atoms with E-state index in [9.17, 15) is 8.42 Å². The predicted octanol–water partition coefficient (Wildman–Crippen LogP) is 1.87. The summed E-state index contributed by atoms with van der Waals surface area (Å²) in [7, 11) is -3.59. The Morgan fingerprint density at radius 2 is 1.95 bits per heavy atom. The maximum Gasteiger partial charge on any atom is 0.274 e. The van der Waals surface area contributed by atoms with E-state index < -0.39 is 10.0 Å². The smallest absolute Gasteiger partial charge is 0.274 e. The first-order valence-corrected chi connectivity index (χ1v) is 8.95. The minimum atomic E-state index is -3.59. The lowest BCUT2D eigenvalue weighted by molar-refractivity contribution is 0.136. The minimum Gasteiger partial charge on any atom is -0.447 e. The number of unbranched alkanes of at least 4 members (excludes halogenated alkanes) is 1. The zero-order chi connectivity index (χ0) is 15.6. The van der Waals surface area contributed by atoms with Crippen LogP contribution in [0.5, 0.6) is 0 Å². The number of hydrogen-bond donors (Lipinski definition) is 2. The van der Waals surface area contributed by atoms with Crippen LogP contribution in [-0.2, 0) is 21.3 Å². The lowest BCUT2D eigenvalue weighted by atomic mass is 10.4. The van der Waals surface area contributed by atoms with Crippen molar-refractivity contribution in [2.75, 3.05) is 26.3 Å². The molecule has 0 aliphatic heterocycles. The van der Waals surface area contributed by atoms with E-state index in [0.29, 0.717) is 25.5 Å². The molecule has 1 aromatic heterocycles. The fraction of sp³-hybridized carbons (Fsp3) is 0.714. The molecule has 0 saturated carbocycles. The zero-order valence-corrected chi connectivity index (χ0v) is 13.7. The third kappa shape index (κ3) is 7.08. The molecule has 0 saturated heterocycles. The summed E-state index contributed by atoms with van der Waals surface area (Å²) < 4.78 is 37.1. The highest BCUT2D eigenvalue weighted by atomic mass is 32.2. The van der Waals surface area contributed by atoms with Crippen molar-refractivity contribution < 1.29 is 17.6 Å². The second-order valence-electron chi connectivity index (χ2n) is 4.76. The molecule has 0 aliphatic rings. The van der Waals surface area contributed by atoms with Gasteiger partial charge in [0.15, 0.2) is 0 Å². The summed E-state index contributed by atoms with van der Waals surface area (Å²) in [4.78, 5) is 0. The molecule has 0 atom stereocenters. The van der Waals surface area contributed by atoms with Crippen molar-refractivity contribution in [1.82, 2.24) is 10.0 Å². The van der Waals surface area contributed by atoms with Crippen molar-refractivity contribution in [2.24, 2.45) is 0 Å². The summed E-state index contributed by atoms with van der Waals surface area (Å²) in [5, 5.41) is 3.11. The SMILES string of the molecule is CCCCOCCNS(=O)(=O)c1ccc(CNCCC)o1. The first-order chi connectivity index (χ1) is 10.1. The highest BCUT2D eigenvalue weighted by Crippen LogP contribution is 2.13. The average Bonchev–Trinajstić information content (AvgIpc) is 2.93. The van der Waals surface area contributed by atoms with Crippen LogP contribution in [0.25, 0.3) is 0 Å². The highest BCUT2D eigenvalue weighted by Gasteiger charge is 2.17. The average molecular weight is 318 g/mol. The molecule has 2 N–H and O–H groups in total. The second-order valence-corrected chi connectivity index (χ2v) is 6.46. The number of hydrogen-bond acceptors (Lipinski definition) is 5. The summed E-state index contributed by atoms with van der Waals surface area (Å²) in [6, 6.07) is 3.15. The number of ether oxygens (including phenoxy) is 1. The summed E-state index contributed by atoms with van der Waals surface area (Å²) in [5.41, 5.74) is 0. The van der Waals surface area contributed by atoms with E-state index in [1.165, 1.54) is 6.07 Å². The molecule has 0 aromatic carbocycles. The van der Waals surface area contributed by atoms with Crippen LogP contribution in [0.2, 0.25) is 0 Å². The maximum atomic E-state index is 12.0. The van der Waals surface area contributed by atoms with Gasteiger partial charge in [0, 0.05) is 13.2 Å². The maximum absolute atomic E-state index is 12.0. The Balaban J connectivity index is 2.36. The van der Waals surface area contributed by atoms with Crippen molar-refractivity contribution in [3.8, 4) is 0 Å². The summed E-state index contributed by atoms with van der Waals surface area (Å²) in [6.07, 6.45) is 3.07. The van der Waals surface area contributed by atoms with Crippen LogP contribution < -0.4 is 10.0 Å². The van der Waals surface area contributed by atoms with E-state index >= 15 is 0 Å². The van der Waals surface area contributed by atoms with Gasteiger partial charge in [0.25, 0.3) is 10.0 Å². The molecule has 7 heteroatoms. The van der Waals surface area contributed by atoms with Gasteiger partial charge in [-0.05, 0) is 31.5 Å². The van der Waals surface area contributed by atoms with Crippen LogP contribution in [0.1, 0.15) is 38.9 Å². The molecule has 122 valence electrons. The lowest BCUT2D eigenvalue weighted by Crippen LogP contribution is -2.27. The molecule has 0 aliphatic carbocycles. The molecule has 1 heterocycles. The Bertz CT molecular complexity index is 485. The number of rotatable bonds is 12. The fourth-order valence-corrected chi connectivity index (χ4v) is 2.61. The summed E-state index contributed by atoms with van der Waals surface area (Å²) >= 11 is 0. The monoisotopic (exact) mass is 318 g/mol. The third-order valence-electron chi connectivity index (χ3n) is 2.81. The first kappa shape index (κ1) is 18.2. The molecule has 6 nitrogen and oxygen atoms in total. The number of furan rings is 1. The van der Waals surface area contributed by atoms with Gasteiger partial charge in [0.05, 0.1) is 13.2 Å². The highest BCUT2D eigenvalue weighted by molar-refractivity contribution is 7.89. The van der Waals surface area contributed by atoms with Crippen molar-refractivity contribution in [2.45, 2.75) is 44.7 Å². The van der Waals surface area contributed by atoms with Crippen LogP contribution >= 0.6 is 0 Å². The van der Waals surface area contributed by atoms with Gasteiger partial charge >= 0.3 is 0 Å². The quantitative estimate of drug-likeness (QED) is 0.575. The van der Waals surface area contributed by atoms with Gasteiger partial charge in [0.2, 0.25) is 5.09 Å². The van der Waals surface area contributed by atoms with Crippen LogP contribution in [-0.4, -0.2) is 34.7 Å². The van der Waals surface area contributed by atoms with Crippen LogP contribution in [0.3, 0.4) is 0 Å². The Labute approximate surface area is 127 Å². The number of sulfonamides is 1. The molecule has 21 heavy (non-hydrogen) atoms. The fourth-order valence-electron chi connectivity index (χ4n) is 1.65.